The van der Waals surface area contributed by atoms with Crippen LogP contribution < -0.4 is 5.32 Å². The maximum Gasteiger partial charge on any atom is 0.0594 e. The summed E-state index contributed by atoms with van der Waals surface area (Å²) in [6.07, 6.45) is 8.48. The second kappa shape index (κ2) is 7.34. The second-order valence-electron chi connectivity index (χ2n) is 5.60. The number of morpholine rings is 1. The van der Waals surface area contributed by atoms with Gasteiger partial charge in [-0.15, -0.1) is 0 Å². The SMILES string of the molecule is CNC1CCC(CCCN2CCOCC2)CC1. The molecule has 1 aliphatic heterocycles. The number of rotatable bonds is 5. The fraction of sp³-hybridized carbons (Fsp3) is 1.00. The number of hydrogen-bond donors (Lipinski definition) is 1. The lowest BCUT2D eigenvalue weighted by atomic mass is 9.83. The highest BCUT2D eigenvalue weighted by molar-refractivity contribution is 4.76. The van der Waals surface area contributed by atoms with E-state index in [1.807, 2.05) is 0 Å². The van der Waals surface area contributed by atoms with E-state index in [-0.39, 0.29) is 0 Å². The maximum absolute atomic E-state index is 5.37. The van der Waals surface area contributed by atoms with E-state index in [2.05, 4.69) is 17.3 Å². The molecular formula is C14H28N2O. The van der Waals surface area contributed by atoms with Gasteiger partial charge in [-0.05, 0) is 58.0 Å². The van der Waals surface area contributed by atoms with Gasteiger partial charge in [-0.3, -0.25) is 4.90 Å². The van der Waals surface area contributed by atoms with Gasteiger partial charge in [-0.25, -0.2) is 0 Å². The van der Waals surface area contributed by atoms with Crippen LogP contribution >= 0.6 is 0 Å². The van der Waals surface area contributed by atoms with Gasteiger partial charge in [0, 0.05) is 19.1 Å². The predicted octanol–water partition coefficient (Wildman–Crippen LogP) is 1.88. The molecule has 0 unspecified atom stereocenters. The van der Waals surface area contributed by atoms with Crippen molar-refractivity contribution in [1.82, 2.24) is 10.2 Å². The molecule has 2 rings (SSSR count). The summed E-state index contributed by atoms with van der Waals surface area (Å²) in [5, 5.41) is 3.41. The van der Waals surface area contributed by atoms with Crippen LogP contribution in [0.3, 0.4) is 0 Å². The van der Waals surface area contributed by atoms with Gasteiger partial charge < -0.3 is 10.1 Å². The summed E-state index contributed by atoms with van der Waals surface area (Å²) in [7, 11) is 2.10. The van der Waals surface area contributed by atoms with Crippen LogP contribution in [0.25, 0.3) is 0 Å². The molecule has 1 saturated carbocycles. The Kier molecular flexibility index (Phi) is 5.75. The molecule has 3 heteroatoms. The van der Waals surface area contributed by atoms with Crippen LogP contribution in [-0.4, -0.2) is 50.8 Å². The molecule has 0 spiro atoms. The molecule has 2 fully saturated rings. The summed E-state index contributed by atoms with van der Waals surface area (Å²) in [5.41, 5.74) is 0. The average Bonchev–Trinajstić information content (AvgIpc) is 2.41. The Hall–Kier alpha value is -0.120. The van der Waals surface area contributed by atoms with Crippen LogP contribution in [0.1, 0.15) is 38.5 Å². The normalized spacial score (nSPS) is 31.6. The molecule has 2 aliphatic rings. The molecule has 17 heavy (non-hydrogen) atoms. The summed E-state index contributed by atoms with van der Waals surface area (Å²) in [4.78, 5) is 2.56. The van der Waals surface area contributed by atoms with Gasteiger partial charge >= 0.3 is 0 Å². The van der Waals surface area contributed by atoms with Crippen molar-refractivity contribution in [2.45, 2.75) is 44.6 Å². The molecule has 3 nitrogen and oxygen atoms in total. The number of nitrogens with one attached hydrogen (secondary N) is 1. The zero-order chi connectivity index (χ0) is 11.9. The fourth-order valence-electron chi connectivity index (χ4n) is 3.17. The van der Waals surface area contributed by atoms with E-state index in [0.717, 1.165) is 38.3 Å². The molecule has 0 aromatic rings. The van der Waals surface area contributed by atoms with E-state index in [0.29, 0.717) is 0 Å². The highest BCUT2D eigenvalue weighted by Crippen LogP contribution is 2.27. The summed E-state index contributed by atoms with van der Waals surface area (Å²) in [6, 6.07) is 0.797. The standard InChI is InChI=1S/C14H28N2O/c1-15-14-6-4-13(5-7-14)3-2-8-16-9-11-17-12-10-16/h13-15H,2-12H2,1H3. The third-order valence-corrected chi connectivity index (χ3v) is 4.45. The molecule has 0 amide bonds. The first kappa shape index (κ1) is 13.3. The Morgan fingerprint density at radius 1 is 1.12 bits per heavy atom. The highest BCUT2D eigenvalue weighted by atomic mass is 16.5. The van der Waals surface area contributed by atoms with Crippen LogP contribution in [-0.2, 0) is 4.74 Å². The molecule has 1 saturated heterocycles. The molecule has 0 radical (unpaired) electrons. The van der Waals surface area contributed by atoms with Crippen LogP contribution in [0, 0.1) is 5.92 Å². The van der Waals surface area contributed by atoms with Gasteiger partial charge in [0.25, 0.3) is 0 Å². The van der Waals surface area contributed by atoms with E-state index < -0.39 is 0 Å². The number of nitrogens with zero attached hydrogens (tertiary/aromatic N) is 1. The zero-order valence-corrected chi connectivity index (χ0v) is 11.3. The molecule has 0 bridgehead atoms. The molecule has 1 heterocycles. The monoisotopic (exact) mass is 240 g/mol. The largest absolute Gasteiger partial charge is 0.379 e. The quantitative estimate of drug-likeness (QED) is 0.794. The van der Waals surface area contributed by atoms with Crippen LogP contribution in [0.15, 0.2) is 0 Å². The lowest BCUT2D eigenvalue weighted by Gasteiger charge is -2.30. The number of ether oxygens (including phenoxy) is 1. The minimum atomic E-state index is 0.797. The van der Waals surface area contributed by atoms with E-state index in [1.54, 1.807) is 0 Å². The summed E-state index contributed by atoms with van der Waals surface area (Å²) in [5.74, 6) is 1.00. The van der Waals surface area contributed by atoms with Gasteiger partial charge in [0.15, 0.2) is 0 Å². The highest BCUT2D eigenvalue weighted by Gasteiger charge is 2.19. The number of hydrogen-bond acceptors (Lipinski definition) is 3. The third kappa shape index (κ3) is 4.57. The minimum absolute atomic E-state index is 0.797. The molecule has 100 valence electrons. The van der Waals surface area contributed by atoms with Crippen molar-refractivity contribution in [3.05, 3.63) is 0 Å². The first-order valence-corrected chi connectivity index (χ1v) is 7.36. The van der Waals surface area contributed by atoms with Crippen molar-refractivity contribution >= 4 is 0 Å². The first-order valence-electron chi connectivity index (χ1n) is 7.36. The Morgan fingerprint density at radius 3 is 2.47 bits per heavy atom. The van der Waals surface area contributed by atoms with Crippen LogP contribution in [0.5, 0.6) is 0 Å². The topological polar surface area (TPSA) is 24.5 Å². The predicted molar refractivity (Wildman–Crippen MR) is 71.3 cm³/mol. The summed E-state index contributed by atoms with van der Waals surface area (Å²) >= 11 is 0. The van der Waals surface area contributed by atoms with Crippen LogP contribution in [0.4, 0.5) is 0 Å². The van der Waals surface area contributed by atoms with Crippen molar-refractivity contribution in [3.8, 4) is 0 Å². The van der Waals surface area contributed by atoms with E-state index >= 15 is 0 Å². The van der Waals surface area contributed by atoms with E-state index in [1.165, 1.54) is 45.1 Å². The zero-order valence-electron chi connectivity index (χ0n) is 11.3. The van der Waals surface area contributed by atoms with Gasteiger partial charge in [0.1, 0.15) is 0 Å². The average molecular weight is 240 g/mol. The van der Waals surface area contributed by atoms with Crippen molar-refractivity contribution in [2.75, 3.05) is 39.9 Å². The van der Waals surface area contributed by atoms with E-state index in [9.17, 15) is 0 Å². The second-order valence-corrected chi connectivity index (χ2v) is 5.60. The molecule has 0 atom stereocenters. The van der Waals surface area contributed by atoms with Gasteiger partial charge in [-0.2, -0.15) is 0 Å². The molecule has 1 aliphatic carbocycles. The van der Waals surface area contributed by atoms with E-state index in [4.69, 9.17) is 4.74 Å². The fourth-order valence-corrected chi connectivity index (χ4v) is 3.17. The van der Waals surface area contributed by atoms with Crippen molar-refractivity contribution in [3.63, 3.8) is 0 Å². The Morgan fingerprint density at radius 2 is 1.82 bits per heavy atom. The molecule has 1 N–H and O–H groups in total. The van der Waals surface area contributed by atoms with Gasteiger partial charge in [0.05, 0.1) is 13.2 Å². The Bertz CT molecular complexity index is 196. The molecule has 0 aromatic carbocycles. The smallest absolute Gasteiger partial charge is 0.0594 e. The van der Waals surface area contributed by atoms with Gasteiger partial charge in [0.2, 0.25) is 0 Å². The van der Waals surface area contributed by atoms with Crippen molar-refractivity contribution in [2.24, 2.45) is 5.92 Å². The first-order chi connectivity index (χ1) is 8.38. The maximum atomic E-state index is 5.37. The summed E-state index contributed by atoms with van der Waals surface area (Å²) in [6.45, 7) is 5.45. The molecular weight excluding hydrogens is 212 g/mol. The Labute approximate surface area is 106 Å². The lowest BCUT2D eigenvalue weighted by molar-refractivity contribution is 0.0364. The minimum Gasteiger partial charge on any atom is -0.379 e. The third-order valence-electron chi connectivity index (χ3n) is 4.45. The lowest BCUT2D eigenvalue weighted by Crippen LogP contribution is -2.37. The molecule has 0 aromatic heterocycles. The summed E-state index contributed by atoms with van der Waals surface area (Å²) < 4.78 is 5.37. The van der Waals surface area contributed by atoms with Crippen molar-refractivity contribution in [1.29, 1.82) is 0 Å². The van der Waals surface area contributed by atoms with Gasteiger partial charge in [-0.1, -0.05) is 0 Å². The van der Waals surface area contributed by atoms with Crippen LogP contribution in [0.2, 0.25) is 0 Å². The van der Waals surface area contributed by atoms with Crippen molar-refractivity contribution < 1.29 is 4.74 Å². The Balaban J connectivity index is 1.53.